The van der Waals surface area contributed by atoms with Gasteiger partial charge in [0.15, 0.2) is 0 Å². The highest BCUT2D eigenvalue weighted by atomic mass is 16.5. The van der Waals surface area contributed by atoms with Gasteiger partial charge >= 0.3 is 0 Å². The lowest BCUT2D eigenvalue weighted by molar-refractivity contribution is 0.0484. The molecule has 2 unspecified atom stereocenters. The number of morpholine rings is 1. The van der Waals surface area contributed by atoms with E-state index in [9.17, 15) is 0 Å². The Morgan fingerprint density at radius 3 is 2.72 bits per heavy atom. The predicted octanol–water partition coefficient (Wildman–Crippen LogP) is -0.637. The van der Waals surface area contributed by atoms with Crippen molar-refractivity contribution in [3.05, 3.63) is 0 Å². The summed E-state index contributed by atoms with van der Waals surface area (Å²) in [6, 6.07) is 1.13. The van der Waals surface area contributed by atoms with Crippen molar-refractivity contribution in [3.63, 3.8) is 0 Å². The smallest absolute Gasteiger partial charge is 0.0620 e. The highest BCUT2D eigenvalue weighted by molar-refractivity contribution is 4.81. The van der Waals surface area contributed by atoms with Gasteiger partial charge in [0.05, 0.1) is 19.8 Å². The van der Waals surface area contributed by atoms with Crippen LogP contribution in [0, 0.1) is 0 Å². The minimum Gasteiger partial charge on any atom is -0.395 e. The zero-order chi connectivity index (χ0) is 12.8. The van der Waals surface area contributed by atoms with E-state index in [0.29, 0.717) is 12.1 Å². The molecule has 2 atom stereocenters. The van der Waals surface area contributed by atoms with Gasteiger partial charge in [-0.1, -0.05) is 0 Å². The van der Waals surface area contributed by atoms with Crippen molar-refractivity contribution in [2.75, 3.05) is 59.1 Å². The molecule has 0 bridgehead atoms. The molecule has 0 spiro atoms. The monoisotopic (exact) mass is 257 g/mol. The van der Waals surface area contributed by atoms with E-state index in [0.717, 1.165) is 52.5 Å². The van der Waals surface area contributed by atoms with E-state index in [4.69, 9.17) is 9.84 Å². The molecule has 2 saturated heterocycles. The first-order chi connectivity index (χ1) is 8.79. The minimum absolute atomic E-state index is 0.277. The Kier molecular flexibility index (Phi) is 5.85. The molecule has 2 fully saturated rings. The number of ether oxygens (including phenoxy) is 1. The van der Waals surface area contributed by atoms with Crippen LogP contribution in [-0.4, -0.2) is 86.1 Å². The standard InChI is InChI=1S/C13H27N3O2/c1-12(10-13-11-18-9-2-14-13)16-5-3-15(4-6-16)7-8-17/h12-14,17H,2-11H2,1H3. The van der Waals surface area contributed by atoms with Crippen LogP contribution in [0.2, 0.25) is 0 Å². The third-order valence-electron chi connectivity index (χ3n) is 4.07. The third kappa shape index (κ3) is 4.17. The van der Waals surface area contributed by atoms with Gasteiger partial charge in [-0.3, -0.25) is 9.80 Å². The molecule has 2 aliphatic heterocycles. The summed E-state index contributed by atoms with van der Waals surface area (Å²) >= 11 is 0. The van der Waals surface area contributed by atoms with Crippen LogP contribution >= 0.6 is 0 Å². The van der Waals surface area contributed by atoms with Crippen LogP contribution in [0.25, 0.3) is 0 Å². The maximum absolute atomic E-state index is 8.93. The molecule has 2 aliphatic rings. The fourth-order valence-electron chi connectivity index (χ4n) is 2.90. The molecule has 0 aromatic rings. The lowest BCUT2D eigenvalue weighted by Gasteiger charge is -2.39. The van der Waals surface area contributed by atoms with Gasteiger partial charge in [0.25, 0.3) is 0 Å². The average molecular weight is 257 g/mol. The van der Waals surface area contributed by atoms with E-state index >= 15 is 0 Å². The van der Waals surface area contributed by atoms with Crippen LogP contribution in [-0.2, 0) is 4.74 Å². The van der Waals surface area contributed by atoms with E-state index in [1.165, 1.54) is 6.42 Å². The molecule has 2 rings (SSSR count). The number of nitrogens with one attached hydrogen (secondary N) is 1. The molecule has 0 aromatic carbocycles. The second-order valence-corrected chi connectivity index (χ2v) is 5.41. The van der Waals surface area contributed by atoms with Gasteiger partial charge in [-0.2, -0.15) is 0 Å². The molecule has 5 heteroatoms. The van der Waals surface area contributed by atoms with Crippen molar-refractivity contribution in [3.8, 4) is 0 Å². The Balaban J connectivity index is 1.68. The van der Waals surface area contributed by atoms with Crippen molar-refractivity contribution in [2.45, 2.75) is 25.4 Å². The Morgan fingerprint density at radius 1 is 1.33 bits per heavy atom. The van der Waals surface area contributed by atoms with Crippen LogP contribution in [0.1, 0.15) is 13.3 Å². The fraction of sp³-hybridized carbons (Fsp3) is 1.00. The number of nitrogens with zero attached hydrogens (tertiary/aromatic N) is 2. The summed E-state index contributed by atoms with van der Waals surface area (Å²) in [6.45, 7) is 10.5. The number of aliphatic hydroxyl groups excluding tert-OH is 1. The quantitative estimate of drug-likeness (QED) is 0.686. The summed E-state index contributed by atoms with van der Waals surface area (Å²) in [5, 5.41) is 12.5. The normalized spacial score (nSPS) is 29.3. The number of rotatable bonds is 5. The summed E-state index contributed by atoms with van der Waals surface area (Å²) in [5.74, 6) is 0. The van der Waals surface area contributed by atoms with E-state index < -0.39 is 0 Å². The lowest BCUT2D eigenvalue weighted by Crippen LogP contribution is -2.52. The first-order valence-corrected chi connectivity index (χ1v) is 7.18. The molecule has 2 heterocycles. The number of hydrogen-bond acceptors (Lipinski definition) is 5. The molecule has 0 aromatic heterocycles. The van der Waals surface area contributed by atoms with E-state index in [1.807, 2.05) is 0 Å². The van der Waals surface area contributed by atoms with Crippen LogP contribution < -0.4 is 5.32 Å². The van der Waals surface area contributed by atoms with Crippen molar-refractivity contribution in [2.24, 2.45) is 0 Å². The van der Waals surface area contributed by atoms with E-state index in [1.54, 1.807) is 0 Å². The number of aliphatic hydroxyl groups is 1. The number of hydrogen-bond donors (Lipinski definition) is 2. The van der Waals surface area contributed by atoms with Crippen molar-refractivity contribution < 1.29 is 9.84 Å². The lowest BCUT2D eigenvalue weighted by atomic mass is 10.1. The largest absolute Gasteiger partial charge is 0.395 e. The highest BCUT2D eigenvalue weighted by Gasteiger charge is 2.23. The summed E-state index contributed by atoms with van der Waals surface area (Å²) in [7, 11) is 0. The van der Waals surface area contributed by atoms with Crippen LogP contribution in [0.15, 0.2) is 0 Å². The Morgan fingerprint density at radius 2 is 2.11 bits per heavy atom. The van der Waals surface area contributed by atoms with Gasteiger partial charge < -0.3 is 15.2 Å². The zero-order valence-corrected chi connectivity index (χ0v) is 11.5. The summed E-state index contributed by atoms with van der Waals surface area (Å²) < 4.78 is 5.50. The molecule has 106 valence electrons. The van der Waals surface area contributed by atoms with Crippen LogP contribution in [0.4, 0.5) is 0 Å². The maximum atomic E-state index is 8.93. The molecule has 0 aliphatic carbocycles. The van der Waals surface area contributed by atoms with Crippen molar-refractivity contribution in [1.29, 1.82) is 0 Å². The zero-order valence-electron chi connectivity index (χ0n) is 11.5. The summed E-state index contributed by atoms with van der Waals surface area (Å²) in [6.07, 6.45) is 1.17. The second kappa shape index (κ2) is 7.40. The topological polar surface area (TPSA) is 48.0 Å². The van der Waals surface area contributed by atoms with Gasteiger partial charge in [-0.15, -0.1) is 0 Å². The predicted molar refractivity (Wildman–Crippen MR) is 71.8 cm³/mol. The van der Waals surface area contributed by atoms with Gasteiger partial charge in [0, 0.05) is 51.4 Å². The summed E-state index contributed by atoms with van der Waals surface area (Å²) in [5.41, 5.74) is 0. The Hall–Kier alpha value is -0.200. The molecule has 18 heavy (non-hydrogen) atoms. The maximum Gasteiger partial charge on any atom is 0.0620 e. The molecule has 0 amide bonds. The highest BCUT2D eigenvalue weighted by Crippen LogP contribution is 2.12. The number of piperazine rings is 1. The van der Waals surface area contributed by atoms with Crippen LogP contribution in [0.5, 0.6) is 0 Å². The Labute approximate surface area is 110 Å². The van der Waals surface area contributed by atoms with Gasteiger partial charge in [-0.05, 0) is 13.3 Å². The van der Waals surface area contributed by atoms with Gasteiger partial charge in [-0.25, -0.2) is 0 Å². The first-order valence-electron chi connectivity index (χ1n) is 7.18. The van der Waals surface area contributed by atoms with Crippen molar-refractivity contribution >= 4 is 0 Å². The third-order valence-corrected chi connectivity index (χ3v) is 4.07. The molecule has 2 N–H and O–H groups in total. The number of β-amino-alcohol motifs (C(OH)–C–C–N with tert-alkyl or cyclic N) is 1. The molecular formula is C13H27N3O2. The molecule has 0 radical (unpaired) electrons. The van der Waals surface area contributed by atoms with Gasteiger partial charge in [0.2, 0.25) is 0 Å². The second-order valence-electron chi connectivity index (χ2n) is 5.41. The fourth-order valence-corrected chi connectivity index (χ4v) is 2.90. The molecular weight excluding hydrogens is 230 g/mol. The Bertz CT molecular complexity index is 226. The molecule has 5 nitrogen and oxygen atoms in total. The minimum atomic E-state index is 0.277. The average Bonchev–Trinajstić information content (AvgIpc) is 2.41. The SMILES string of the molecule is CC(CC1COCCN1)N1CCN(CCO)CC1. The van der Waals surface area contributed by atoms with Crippen molar-refractivity contribution in [1.82, 2.24) is 15.1 Å². The first kappa shape index (κ1) is 14.2. The van der Waals surface area contributed by atoms with E-state index in [-0.39, 0.29) is 6.61 Å². The van der Waals surface area contributed by atoms with Crippen LogP contribution in [0.3, 0.4) is 0 Å². The van der Waals surface area contributed by atoms with E-state index in [2.05, 4.69) is 22.0 Å². The summed E-state index contributed by atoms with van der Waals surface area (Å²) in [4.78, 5) is 4.90. The van der Waals surface area contributed by atoms with Gasteiger partial charge in [0.1, 0.15) is 0 Å². The molecule has 0 saturated carbocycles.